The Morgan fingerprint density at radius 3 is 2.39 bits per heavy atom. The Bertz CT molecular complexity index is 470. The van der Waals surface area contributed by atoms with Gasteiger partial charge in [-0.15, -0.1) is 0 Å². The maximum absolute atomic E-state index is 12.6. The topological polar surface area (TPSA) is 50.2 Å². The molecule has 0 spiro atoms. The van der Waals surface area contributed by atoms with Gasteiger partial charge in [0, 0.05) is 0 Å². The number of alkyl halides is 5. The molecule has 0 atom stereocenters. The lowest BCUT2D eigenvalue weighted by atomic mass is 10.1. The van der Waals surface area contributed by atoms with E-state index in [0.717, 1.165) is 6.92 Å². The van der Waals surface area contributed by atoms with Crippen molar-refractivity contribution in [2.45, 2.75) is 25.9 Å². The number of hydrogen-bond donors (Lipinski definition) is 1. The molecule has 1 heterocycles. The van der Waals surface area contributed by atoms with E-state index in [0.29, 0.717) is 6.07 Å². The zero-order valence-corrected chi connectivity index (χ0v) is 9.05. The van der Waals surface area contributed by atoms with Gasteiger partial charge in [-0.05, 0) is 18.6 Å². The van der Waals surface area contributed by atoms with Crippen molar-refractivity contribution in [2.24, 2.45) is 0 Å². The Kier molecular flexibility index (Phi) is 3.88. The highest BCUT2D eigenvalue weighted by Crippen LogP contribution is 2.34. The van der Waals surface area contributed by atoms with E-state index in [9.17, 15) is 26.7 Å². The zero-order valence-electron chi connectivity index (χ0n) is 9.05. The molecule has 1 N–H and O–H groups in total. The fourth-order valence-corrected chi connectivity index (χ4v) is 1.41. The third-order valence-electron chi connectivity index (χ3n) is 2.16. The number of hydrogen-bond acceptors (Lipinski definition) is 2. The Morgan fingerprint density at radius 1 is 1.44 bits per heavy atom. The third kappa shape index (κ3) is 3.14. The number of aromatic nitrogens is 1. The van der Waals surface area contributed by atoms with E-state index < -0.39 is 41.9 Å². The van der Waals surface area contributed by atoms with Crippen LogP contribution in [-0.2, 0) is 17.4 Å². The maximum Gasteiger partial charge on any atom is 0.418 e. The number of carboxylic acids is 1. The molecule has 0 saturated heterocycles. The molecule has 0 unspecified atom stereocenters. The average Bonchev–Trinajstić information content (AvgIpc) is 2.17. The Hall–Kier alpha value is -1.73. The minimum atomic E-state index is -4.83. The van der Waals surface area contributed by atoms with E-state index in [1.807, 2.05) is 0 Å². The van der Waals surface area contributed by atoms with E-state index in [1.54, 1.807) is 0 Å². The Balaban J connectivity index is 3.42. The molecule has 1 aromatic rings. The Labute approximate surface area is 98.3 Å². The summed E-state index contributed by atoms with van der Waals surface area (Å²) < 4.78 is 62.7. The van der Waals surface area contributed by atoms with Gasteiger partial charge in [-0.1, -0.05) is 0 Å². The summed E-state index contributed by atoms with van der Waals surface area (Å²) in [5.74, 6) is -1.57. The standard InChI is InChI=1S/C10H8F5NO2/c1-4-2-5(10(13,14)15)6(3-7(17)18)16-8(4)9(11)12/h2,9H,3H2,1H3,(H,17,18). The summed E-state index contributed by atoms with van der Waals surface area (Å²) in [4.78, 5) is 13.5. The average molecular weight is 269 g/mol. The summed E-state index contributed by atoms with van der Waals surface area (Å²) in [6.07, 6.45) is -8.95. The van der Waals surface area contributed by atoms with Crippen LogP contribution in [0.3, 0.4) is 0 Å². The second-order valence-electron chi connectivity index (χ2n) is 3.55. The molecule has 0 aliphatic carbocycles. The highest BCUT2D eigenvalue weighted by Gasteiger charge is 2.36. The van der Waals surface area contributed by atoms with E-state index >= 15 is 0 Å². The number of pyridine rings is 1. The van der Waals surface area contributed by atoms with Crippen LogP contribution in [-0.4, -0.2) is 16.1 Å². The van der Waals surface area contributed by atoms with Crippen molar-refractivity contribution >= 4 is 5.97 Å². The molecule has 0 aromatic carbocycles. The van der Waals surface area contributed by atoms with Crippen LogP contribution in [0.4, 0.5) is 22.0 Å². The molecule has 0 amide bonds. The van der Waals surface area contributed by atoms with E-state index in [4.69, 9.17) is 5.11 Å². The number of carboxylic acid groups (broad SMARTS) is 1. The molecule has 0 saturated carbocycles. The fraction of sp³-hybridized carbons (Fsp3) is 0.400. The summed E-state index contributed by atoms with van der Waals surface area (Å²) in [6, 6.07) is 0.493. The minimum absolute atomic E-state index is 0.327. The van der Waals surface area contributed by atoms with Crippen LogP contribution in [0.5, 0.6) is 0 Å². The molecule has 18 heavy (non-hydrogen) atoms. The van der Waals surface area contributed by atoms with Crippen molar-refractivity contribution < 1.29 is 31.9 Å². The highest BCUT2D eigenvalue weighted by atomic mass is 19.4. The molecule has 3 nitrogen and oxygen atoms in total. The second kappa shape index (κ2) is 4.87. The van der Waals surface area contributed by atoms with Crippen molar-refractivity contribution in [2.75, 3.05) is 0 Å². The lowest BCUT2D eigenvalue weighted by Gasteiger charge is -2.14. The first-order chi connectivity index (χ1) is 8.12. The lowest BCUT2D eigenvalue weighted by Crippen LogP contribution is -2.16. The van der Waals surface area contributed by atoms with Gasteiger partial charge in [0.05, 0.1) is 17.7 Å². The normalized spacial score (nSPS) is 11.9. The lowest BCUT2D eigenvalue weighted by molar-refractivity contribution is -0.140. The van der Waals surface area contributed by atoms with Gasteiger partial charge in [0.1, 0.15) is 5.69 Å². The number of rotatable bonds is 3. The number of aryl methyl sites for hydroxylation is 1. The van der Waals surface area contributed by atoms with Gasteiger partial charge in [0.25, 0.3) is 6.43 Å². The molecule has 0 aliphatic heterocycles. The van der Waals surface area contributed by atoms with Gasteiger partial charge in [0.2, 0.25) is 0 Å². The zero-order chi connectivity index (χ0) is 14.1. The monoisotopic (exact) mass is 269 g/mol. The van der Waals surface area contributed by atoms with E-state index in [-0.39, 0.29) is 5.56 Å². The summed E-state index contributed by atoms with van der Waals surface area (Å²) in [5, 5.41) is 8.46. The largest absolute Gasteiger partial charge is 0.481 e. The predicted molar refractivity (Wildman–Crippen MR) is 50.3 cm³/mol. The first-order valence-electron chi connectivity index (χ1n) is 4.70. The highest BCUT2D eigenvalue weighted by molar-refractivity contribution is 5.70. The molecule has 0 aliphatic rings. The first kappa shape index (κ1) is 14.3. The van der Waals surface area contributed by atoms with Crippen LogP contribution in [0.2, 0.25) is 0 Å². The summed E-state index contributed by atoms with van der Waals surface area (Å²) in [6.45, 7) is 1.06. The molecule has 8 heteroatoms. The van der Waals surface area contributed by atoms with Gasteiger partial charge in [-0.3, -0.25) is 9.78 Å². The minimum Gasteiger partial charge on any atom is -0.481 e. The van der Waals surface area contributed by atoms with Gasteiger partial charge in [-0.25, -0.2) is 8.78 Å². The summed E-state index contributed by atoms with van der Waals surface area (Å²) >= 11 is 0. The third-order valence-corrected chi connectivity index (χ3v) is 2.16. The van der Waals surface area contributed by atoms with Gasteiger partial charge in [0.15, 0.2) is 0 Å². The van der Waals surface area contributed by atoms with Crippen LogP contribution in [0.15, 0.2) is 6.07 Å². The quantitative estimate of drug-likeness (QED) is 0.858. The van der Waals surface area contributed by atoms with Gasteiger partial charge in [-0.2, -0.15) is 13.2 Å². The SMILES string of the molecule is Cc1cc(C(F)(F)F)c(CC(=O)O)nc1C(F)F. The van der Waals surface area contributed by atoms with Crippen molar-refractivity contribution in [3.05, 3.63) is 28.6 Å². The van der Waals surface area contributed by atoms with Gasteiger partial charge >= 0.3 is 12.1 Å². The van der Waals surface area contributed by atoms with Crippen molar-refractivity contribution in [3.63, 3.8) is 0 Å². The van der Waals surface area contributed by atoms with Crippen LogP contribution in [0.1, 0.15) is 28.9 Å². The van der Waals surface area contributed by atoms with E-state index in [2.05, 4.69) is 4.98 Å². The predicted octanol–water partition coefficient (Wildman–Crippen LogP) is 2.97. The second-order valence-corrected chi connectivity index (χ2v) is 3.55. The summed E-state index contributed by atoms with van der Waals surface area (Å²) in [5.41, 5.74) is -3.37. The molecular weight excluding hydrogens is 261 g/mol. The number of nitrogens with zero attached hydrogens (tertiary/aromatic N) is 1. The Morgan fingerprint density at radius 2 is 2.00 bits per heavy atom. The summed E-state index contributed by atoms with van der Waals surface area (Å²) in [7, 11) is 0. The van der Waals surface area contributed by atoms with Gasteiger partial charge < -0.3 is 5.11 Å². The van der Waals surface area contributed by atoms with Crippen molar-refractivity contribution in [1.82, 2.24) is 4.98 Å². The molecule has 1 rings (SSSR count). The fourth-order valence-electron chi connectivity index (χ4n) is 1.41. The van der Waals surface area contributed by atoms with Crippen molar-refractivity contribution in [1.29, 1.82) is 0 Å². The number of aliphatic carboxylic acids is 1. The molecule has 0 radical (unpaired) electrons. The maximum atomic E-state index is 12.6. The van der Waals surface area contributed by atoms with Crippen LogP contribution in [0, 0.1) is 6.92 Å². The number of carbonyl (C=O) groups is 1. The number of halogens is 5. The molecule has 0 fully saturated rings. The van der Waals surface area contributed by atoms with Crippen molar-refractivity contribution in [3.8, 4) is 0 Å². The van der Waals surface area contributed by atoms with Crippen LogP contribution >= 0.6 is 0 Å². The first-order valence-corrected chi connectivity index (χ1v) is 4.70. The van der Waals surface area contributed by atoms with Crippen LogP contribution < -0.4 is 0 Å². The molecule has 100 valence electrons. The molecule has 0 bridgehead atoms. The van der Waals surface area contributed by atoms with E-state index in [1.165, 1.54) is 0 Å². The molecular formula is C10H8F5NO2. The smallest absolute Gasteiger partial charge is 0.418 e. The molecule has 1 aromatic heterocycles. The van der Waals surface area contributed by atoms with Crippen LogP contribution in [0.25, 0.3) is 0 Å².